The minimum absolute atomic E-state index is 0.0667. The molecule has 0 fully saturated rings. The quantitative estimate of drug-likeness (QED) is 0.638. The summed E-state index contributed by atoms with van der Waals surface area (Å²) < 4.78 is 28.6. The van der Waals surface area contributed by atoms with Crippen molar-refractivity contribution in [2.45, 2.75) is 25.7 Å². The Hall–Kier alpha value is -2.24. The smallest absolute Gasteiger partial charge is 0.262 e. The van der Waals surface area contributed by atoms with Gasteiger partial charge in [0.2, 0.25) is 0 Å². The van der Waals surface area contributed by atoms with Crippen LogP contribution < -0.4 is 4.72 Å². The molecule has 3 aromatic rings. The maximum Gasteiger partial charge on any atom is 0.262 e. The van der Waals surface area contributed by atoms with E-state index in [0.717, 1.165) is 5.56 Å². The number of sulfonamides is 1. The van der Waals surface area contributed by atoms with E-state index in [1.807, 2.05) is 19.1 Å². The van der Waals surface area contributed by atoms with E-state index < -0.39 is 10.0 Å². The van der Waals surface area contributed by atoms with Crippen molar-refractivity contribution in [3.63, 3.8) is 0 Å². The van der Waals surface area contributed by atoms with Crippen molar-refractivity contribution >= 4 is 38.1 Å². The van der Waals surface area contributed by atoms with Crippen LogP contribution in [0.4, 0.5) is 5.69 Å². The van der Waals surface area contributed by atoms with Crippen LogP contribution in [0.2, 0.25) is 5.02 Å². The van der Waals surface area contributed by atoms with Gasteiger partial charge in [-0.2, -0.15) is 0 Å². The van der Waals surface area contributed by atoms with Crippen molar-refractivity contribution in [3.05, 3.63) is 64.2 Å². The Labute approximate surface area is 152 Å². The summed E-state index contributed by atoms with van der Waals surface area (Å²) in [4.78, 5) is 0.256. The number of anilines is 1. The molecule has 25 heavy (non-hydrogen) atoms. The average Bonchev–Trinajstić information content (AvgIpc) is 2.50. The Kier molecular flexibility index (Phi) is 4.39. The minimum Gasteiger partial charge on any atom is -0.506 e. The lowest BCUT2D eigenvalue weighted by Crippen LogP contribution is -2.16. The van der Waals surface area contributed by atoms with E-state index in [4.69, 9.17) is 11.6 Å². The average molecular weight is 376 g/mol. The third-order valence-electron chi connectivity index (χ3n) is 4.09. The zero-order valence-corrected chi connectivity index (χ0v) is 15.7. The van der Waals surface area contributed by atoms with Gasteiger partial charge in [0.05, 0.1) is 15.6 Å². The number of rotatable bonds is 3. The second-order valence-corrected chi connectivity index (χ2v) is 8.16. The van der Waals surface area contributed by atoms with Gasteiger partial charge in [0, 0.05) is 10.8 Å². The number of nitrogens with one attached hydrogen (secondary N) is 1. The van der Waals surface area contributed by atoms with Gasteiger partial charge >= 0.3 is 0 Å². The molecule has 0 aliphatic rings. The number of halogens is 1. The number of aryl methyl sites for hydroxylation is 3. The highest BCUT2D eigenvalue weighted by molar-refractivity contribution is 7.92. The van der Waals surface area contributed by atoms with Crippen LogP contribution in [0.25, 0.3) is 10.8 Å². The highest BCUT2D eigenvalue weighted by Crippen LogP contribution is 2.38. The van der Waals surface area contributed by atoms with E-state index in [0.29, 0.717) is 27.6 Å². The topological polar surface area (TPSA) is 66.4 Å². The molecule has 0 saturated carbocycles. The normalized spacial score (nSPS) is 11.7. The second-order valence-electron chi connectivity index (χ2n) is 6.13. The van der Waals surface area contributed by atoms with Gasteiger partial charge in [0.1, 0.15) is 5.75 Å². The van der Waals surface area contributed by atoms with Gasteiger partial charge in [-0.1, -0.05) is 53.6 Å². The number of phenolic OH excluding ortho intramolecular Hbond substituents is 1. The van der Waals surface area contributed by atoms with Crippen LogP contribution in [-0.2, 0) is 10.0 Å². The lowest BCUT2D eigenvalue weighted by Gasteiger charge is -2.16. The molecule has 130 valence electrons. The first-order valence-electron chi connectivity index (χ1n) is 7.71. The first kappa shape index (κ1) is 17.6. The minimum atomic E-state index is -3.80. The van der Waals surface area contributed by atoms with Crippen molar-refractivity contribution < 1.29 is 13.5 Å². The molecule has 0 aliphatic heterocycles. The number of aromatic hydroxyl groups is 1. The molecule has 0 aromatic heterocycles. The van der Waals surface area contributed by atoms with Gasteiger partial charge in [0.15, 0.2) is 0 Å². The Balaban J connectivity index is 2.18. The fraction of sp³-hybridized carbons (Fsp3) is 0.158. The Morgan fingerprint density at radius 3 is 2.12 bits per heavy atom. The summed E-state index contributed by atoms with van der Waals surface area (Å²) in [5.74, 6) is -0.0667. The standard InChI is InChI=1S/C19H18ClNO3S/c1-11-8-12(2)19(13(3)9-11)25(23,24)21-17-10-16(20)18(22)15-7-5-4-6-14(15)17/h4-10,21-22H,1-3H3. The van der Waals surface area contributed by atoms with Crippen molar-refractivity contribution in [1.29, 1.82) is 0 Å². The number of hydrogen-bond donors (Lipinski definition) is 2. The maximum atomic E-state index is 13.0. The van der Waals surface area contributed by atoms with Crippen LogP contribution >= 0.6 is 11.6 Å². The van der Waals surface area contributed by atoms with Gasteiger partial charge in [-0.05, 0) is 38.0 Å². The molecular formula is C19H18ClNO3S. The fourth-order valence-corrected chi connectivity index (χ4v) is 4.93. The van der Waals surface area contributed by atoms with Crippen LogP contribution in [0.3, 0.4) is 0 Å². The molecule has 6 heteroatoms. The molecule has 0 amide bonds. The van der Waals surface area contributed by atoms with Gasteiger partial charge in [0.25, 0.3) is 10.0 Å². The van der Waals surface area contributed by atoms with Crippen molar-refractivity contribution in [3.8, 4) is 5.75 Å². The first-order chi connectivity index (χ1) is 11.7. The zero-order valence-electron chi connectivity index (χ0n) is 14.1. The fourth-order valence-electron chi connectivity index (χ4n) is 3.20. The summed E-state index contributed by atoms with van der Waals surface area (Å²) in [6.45, 7) is 5.48. The van der Waals surface area contributed by atoms with Crippen LogP contribution in [0, 0.1) is 20.8 Å². The molecule has 0 aliphatic carbocycles. The molecule has 0 saturated heterocycles. The predicted molar refractivity (Wildman–Crippen MR) is 102 cm³/mol. The van der Waals surface area contributed by atoms with E-state index in [2.05, 4.69) is 4.72 Å². The Morgan fingerprint density at radius 2 is 1.52 bits per heavy atom. The second kappa shape index (κ2) is 6.24. The summed E-state index contributed by atoms with van der Waals surface area (Å²) in [6, 6.07) is 12.1. The molecule has 0 heterocycles. The monoisotopic (exact) mass is 375 g/mol. The highest BCUT2D eigenvalue weighted by atomic mass is 35.5. The third-order valence-corrected chi connectivity index (χ3v) is 6.05. The number of fused-ring (bicyclic) bond motifs is 1. The van der Waals surface area contributed by atoms with Crippen molar-refractivity contribution in [2.24, 2.45) is 0 Å². The molecule has 4 nitrogen and oxygen atoms in total. The first-order valence-corrected chi connectivity index (χ1v) is 9.57. The number of hydrogen-bond acceptors (Lipinski definition) is 3. The molecule has 0 radical (unpaired) electrons. The van der Waals surface area contributed by atoms with Crippen molar-refractivity contribution in [1.82, 2.24) is 0 Å². The van der Waals surface area contributed by atoms with Crippen molar-refractivity contribution in [2.75, 3.05) is 4.72 Å². The van der Waals surface area contributed by atoms with Crippen LogP contribution in [-0.4, -0.2) is 13.5 Å². The number of benzene rings is 3. The van der Waals surface area contributed by atoms with Crippen LogP contribution in [0.15, 0.2) is 47.4 Å². The predicted octanol–water partition coefficient (Wildman–Crippen LogP) is 4.92. The summed E-state index contributed by atoms with van der Waals surface area (Å²) in [5, 5.41) is 11.3. The van der Waals surface area contributed by atoms with E-state index in [1.165, 1.54) is 6.07 Å². The largest absolute Gasteiger partial charge is 0.506 e. The summed E-state index contributed by atoms with van der Waals surface area (Å²) in [7, 11) is -3.80. The van der Waals surface area contributed by atoms with Crippen LogP contribution in [0.1, 0.15) is 16.7 Å². The Morgan fingerprint density at radius 1 is 0.960 bits per heavy atom. The summed E-state index contributed by atoms with van der Waals surface area (Å²) in [6.07, 6.45) is 0. The highest BCUT2D eigenvalue weighted by Gasteiger charge is 2.22. The van der Waals surface area contributed by atoms with E-state index in [-0.39, 0.29) is 15.7 Å². The summed E-state index contributed by atoms with van der Waals surface area (Å²) in [5.41, 5.74) is 2.70. The Bertz CT molecular complexity index is 1070. The molecule has 2 N–H and O–H groups in total. The third kappa shape index (κ3) is 3.17. The van der Waals surface area contributed by atoms with E-state index in [1.54, 1.807) is 38.1 Å². The molecule has 0 spiro atoms. The lowest BCUT2D eigenvalue weighted by atomic mass is 10.1. The van der Waals surface area contributed by atoms with Crippen LogP contribution in [0.5, 0.6) is 5.75 Å². The van der Waals surface area contributed by atoms with Gasteiger partial charge in [-0.15, -0.1) is 0 Å². The lowest BCUT2D eigenvalue weighted by molar-refractivity contribution is 0.482. The van der Waals surface area contributed by atoms with E-state index >= 15 is 0 Å². The number of phenols is 1. The van der Waals surface area contributed by atoms with E-state index in [9.17, 15) is 13.5 Å². The molecule has 0 atom stereocenters. The molecule has 0 unspecified atom stereocenters. The van der Waals surface area contributed by atoms with Gasteiger partial charge in [-0.3, -0.25) is 4.72 Å². The molecule has 3 rings (SSSR count). The van der Waals surface area contributed by atoms with Gasteiger partial charge in [-0.25, -0.2) is 8.42 Å². The van der Waals surface area contributed by atoms with Gasteiger partial charge < -0.3 is 5.11 Å². The SMILES string of the molecule is Cc1cc(C)c(S(=O)(=O)Nc2cc(Cl)c(O)c3ccccc23)c(C)c1. The molecule has 0 bridgehead atoms. The maximum absolute atomic E-state index is 13.0. The summed E-state index contributed by atoms with van der Waals surface area (Å²) >= 11 is 6.07. The molecular weight excluding hydrogens is 358 g/mol. The molecule has 3 aromatic carbocycles. The zero-order chi connectivity index (χ0) is 18.4.